The van der Waals surface area contributed by atoms with Gasteiger partial charge >= 0.3 is 12.0 Å². The topological polar surface area (TPSA) is 113 Å². The fourth-order valence-corrected chi connectivity index (χ4v) is 4.75. The summed E-state index contributed by atoms with van der Waals surface area (Å²) >= 11 is 0. The van der Waals surface area contributed by atoms with Crippen LogP contribution in [0, 0.1) is 5.92 Å². The summed E-state index contributed by atoms with van der Waals surface area (Å²) in [5.41, 5.74) is 0. The SMILES string of the molecule is O=C(NC1CCS(=O)(=O)C1)NC1CCCCCC1C(=O)O. The molecule has 2 rings (SSSR count). The van der Waals surface area contributed by atoms with Crippen molar-refractivity contribution in [1.82, 2.24) is 10.6 Å². The molecule has 0 aromatic carbocycles. The van der Waals surface area contributed by atoms with Gasteiger partial charge in [0.2, 0.25) is 0 Å². The Balaban J connectivity index is 1.89. The van der Waals surface area contributed by atoms with Gasteiger partial charge < -0.3 is 15.7 Å². The number of urea groups is 1. The van der Waals surface area contributed by atoms with Crippen LogP contribution in [0.15, 0.2) is 0 Å². The highest BCUT2D eigenvalue weighted by Gasteiger charge is 2.32. The lowest BCUT2D eigenvalue weighted by molar-refractivity contribution is -0.142. The Morgan fingerprint density at radius 3 is 2.33 bits per heavy atom. The highest BCUT2D eigenvalue weighted by molar-refractivity contribution is 7.91. The van der Waals surface area contributed by atoms with Gasteiger partial charge in [-0.25, -0.2) is 13.2 Å². The Morgan fingerprint density at radius 2 is 1.71 bits per heavy atom. The largest absolute Gasteiger partial charge is 0.481 e. The van der Waals surface area contributed by atoms with E-state index in [9.17, 15) is 23.1 Å². The standard InChI is InChI=1S/C13H22N2O5S/c16-12(17)10-4-2-1-3-5-11(10)15-13(18)14-9-6-7-21(19,20)8-9/h9-11H,1-8H2,(H,16,17)(H2,14,15,18). The fourth-order valence-electron chi connectivity index (χ4n) is 3.08. The molecule has 2 fully saturated rings. The summed E-state index contributed by atoms with van der Waals surface area (Å²) < 4.78 is 22.7. The van der Waals surface area contributed by atoms with Crippen LogP contribution >= 0.6 is 0 Å². The van der Waals surface area contributed by atoms with Crippen LogP contribution in [0.5, 0.6) is 0 Å². The second-order valence-corrected chi connectivity index (χ2v) is 8.14. The molecule has 3 N–H and O–H groups in total. The van der Waals surface area contributed by atoms with E-state index >= 15 is 0 Å². The highest BCUT2D eigenvalue weighted by atomic mass is 32.2. The van der Waals surface area contributed by atoms with Crippen molar-refractivity contribution in [3.63, 3.8) is 0 Å². The molecule has 1 heterocycles. The number of carboxylic acid groups (broad SMARTS) is 1. The van der Waals surface area contributed by atoms with E-state index in [1.807, 2.05) is 0 Å². The molecule has 2 amide bonds. The zero-order chi connectivity index (χ0) is 15.5. The van der Waals surface area contributed by atoms with Gasteiger partial charge in [0.1, 0.15) is 0 Å². The molecule has 8 heteroatoms. The minimum absolute atomic E-state index is 0.0343. The van der Waals surface area contributed by atoms with Gasteiger partial charge in [-0.3, -0.25) is 4.79 Å². The van der Waals surface area contributed by atoms with Crippen molar-refractivity contribution in [2.75, 3.05) is 11.5 Å². The Morgan fingerprint density at radius 1 is 1.00 bits per heavy atom. The molecule has 3 unspecified atom stereocenters. The van der Waals surface area contributed by atoms with Gasteiger partial charge in [-0.2, -0.15) is 0 Å². The van der Waals surface area contributed by atoms with Gasteiger partial charge in [0, 0.05) is 12.1 Å². The van der Waals surface area contributed by atoms with Crippen LogP contribution in [0.2, 0.25) is 0 Å². The van der Waals surface area contributed by atoms with E-state index in [0.29, 0.717) is 19.3 Å². The monoisotopic (exact) mass is 318 g/mol. The van der Waals surface area contributed by atoms with E-state index in [0.717, 1.165) is 19.3 Å². The van der Waals surface area contributed by atoms with Crippen molar-refractivity contribution in [3.05, 3.63) is 0 Å². The molecule has 3 atom stereocenters. The molecular weight excluding hydrogens is 296 g/mol. The third-order valence-electron chi connectivity index (χ3n) is 4.22. The molecule has 7 nitrogen and oxygen atoms in total. The lowest BCUT2D eigenvalue weighted by Gasteiger charge is -2.24. The average Bonchev–Trinajstić information content (AvgIpc) is 2.60. The molecule has 21 heavy (non-hydrogen) atoms. The summed E-state index contributed by atoms with van der Waals surface area (Å²) in [5, 5.41) is 14.6. The third-order valence-corrected chi connectivity index (χ3v) is 5.99. The zero-order valence-electron chi connectivity index (χ0n) is 11.9. The molecule has 0 aromatic heterocycles. The molecule has 0 aromatic rings. The summed E-state index contributed by atoms with van der Waals surface area (Å²) in [6.45, 7) is 0. The molecule has 1 saturated heterocycles. The normalized spacial score (nSPS) is 32.1. The van der Waals surface area contributed by atoms with Gasteiger partial charge in [0.25, 0.3) is 0 Å². The first-order valence-electron chi connectivity index (χ1n) is 7.37. The molecule has 120 valence electrons. The van der Waals surface area contributed by atoms with Crippen molar-refractivity contribution in [3.8, 4) is 0 Å². The number of carboxylic acids is 1. The number of amides is 2. The lowest BCUT2D eigenvalue weighted by atomic mass is 9.95. The van der Waals surface area contributed by atoms with E-state index in [4.69, 9.17) is 0 Å². The number of carbonyl (C=O) groups excluding carboxylic acids is 1. The minimum Gasteiger partial charge on any atom is -0.481 e. The highest BCUT2D eigenvalue weighted by Crippen LogP contribution is 2.23. The average molecular weight is 318 g/mol. The maximum Gasteiger partial charge on any atom is 0.315 e. The van der Waals surface area contributed by atoms with E-state index in [-0.39, 0.29) is 23.6 Å². The zero-order valence-corrected chi connectivity index (χ0v) is 12.7. The number of hydrogen-bond donors (Lipinski definition) is 3. The molecule has 2 aliphatic rings. The van der Waals surface area contributed by atoms with Crippen molar-refractivity contribution < 1.29 is 23.1 Å². The lowest BCUT2D eigenvalue weighted by Crippen LogP contribution is -2.50. The molecule has 0 spiro atoms. The Labute approximate surface area is 124 Å². The smallest absolute Gasteiger partial charge is 0.315 e. The van der Waals surface area contributed by atoms with Gasteiger partial charge in [-0.05, 0) is 19.3 Å². The molecule has 1 aliphatic carbocycles. The van der Waals surface area contributed by atoms with E-state index in [1.165, 1.54) is 0 Å². The first kappa shape index (κ1) is 16.1. The summed E-state index contributed by atoms with van der Waals surface area (Å²) in [6.07, 6.45) is 4.36. The van der Waals surface area contributed by atoms with Crippen LogP contribution < -0.4 is 10.6 Å². The fraction of sp³-hybridized carbons (Fsp3) is 0.846. The van der Waals surface area contributed by atoms with Crippen molar-refractivity contribution in [2.24, 2.45) is 5.92 Å². The first-order valence-corrected chi connectivity index (χ1v) is 9.20. The maximum absolute atomic E-state index is 11.9. The number of nitrogens with one attached hydrogen (secondary N) is 2. The van der Waals surface area contributed by atoms with Gasteiger partial charge in [-0.1, -0.05) is 19.3 Å². The summed E-state index contributed by atoms with van der Waals surface area (Å²) in [5.74, 6) is -1.39. The number of aliphatic carboxylic acids is 1. The maximum atomic E-state index is 11.9. The Hall–Kier alpha value is -1.31. The van der Waals surface area contributed by atoms with E-state index in [1.54, 1.807) is 0 Å². The summed E-state index contributed by atoms with van der Waals surface area (Å²) in [7, 11) is -3.04. The Bertz CT molecular complexity index is 505. The van der Waals surface area contributed by atoms with Crippen molar-refractivity contribution >= 4 is 21.8 Å². The van der Waals surface area contributed by atoms with Crippen LogP contribution in [0.25, 0.3) is 0 Å². The van der Waals surface area contributed by atoms with Crippen LogP contribution in [-0.2, 0) is 14.6 Å². The third kappa shape index (κ3) is 4.59. The van der Waals surface area contributed by atoms with Gasteiger partial charge in [-0.15, -0.1) is 0 Å². The van der Waals surface area contributed by atoms with Gasteiger partial charge in [0.15, 0.2) is 9.84 Å². The molecular formula is C13H22N2O5S. The number of rotatable bonds is 3. The predicted octanol–water partition coefficient (Wildman–Crippen LogP) is 0.506. The van der Waals surface area contributed by atoms with E-state index < -0.39 is 27.8 Å². The Kier molecular flexibility index (Phi) is 5.08. The summed E-state index contributed by atoms with van der Waals surface area (Å²) in [4.78, 5) is 23.2. The van der Waals surface area contributed by atoms with Crippen molar-refractivity contribution in [1.29, 1.82) is 0 Å². The minimum atomic E-state index is -3.04. The summed E-state index contributed by atoms with van der Waals surface area (Å²) in [6, 6.07) is -1.22. The van der Waals surface area contributed by atoms with Crippen LogP contribution in [0.1, 0.15) is 38.5 Å². The number of hydrogen-bond acceptors (Lipinski definition) is 4. The van der Waals surface area contributed by atoms with E-state index in [2.05, 4.69) is 10.6 Å². The number of carbonyl (C=O) groups is 2. The molecule has 0 bridgehead atoms. The second kappa shape index (κ2) is 6.64. The molecule has 1 saturated carbocycles. The number of sulfone groups is 1. The first-order chi connectivity index (χ1) is 9.87. The molecule has 1 aliphatic heterocycles. The van der Waals surface area contributed by atoms with Crippen LogP contribution in [-0.4, -0.2) is 49.1 Å². The van der Waals surface area contributed by atoms with Crippen molar-refractivity contribution in [2.45, 2.75) is 50.6 Å². The quantitative estimate of drug-likeness (QED) is 0.656. The van der Waals surface area contributed by atoms with Crippen LogP contribution in [0.4, 0.5) is 4.79 Å². The van der Waals surface area contributed by atoms with Crippen LogP contribution in [0.3, 0.4) is 0 Å². The molecule has 0 radical (unpaired) electrons. The predicted molar refractivity (Wildman–Crippen MR) is 76.7 cm³/mol. The second-order valence-electron chi connectivity index (χ2n) is 5.91. The van der Waals surface area contributed by atoms with Gasteiger partial charge in [0.05, 0.1) is 17.4 Å².